The number of rotatable bonds is 3. The van der Waals surface area contributed by atoms with Crippen LogP contribution >= 0.6 is 11.6 Å². The quantitative estimate of drug-likeness (QED) is 0.693. The number of amides is 2. The molecule has 0 atom stereocenters. The first-order valence-corrected chi connectivity index (χ1v) is 7.96. The standard InChI is InChI=1S/C17H14ClF3N4O/c1-10-5-15-22-7-14(25(15)8-13(10)18)11-3-2-4-12(6-11)24-16(26)23-9-17(19,20)21/h2-8H,9H2,1H3,(H2,23,24,26). The number of benzene rings is 1. The number of nitrogens with one attached hydrogen (secondary N) is 2. The molecule has 0 radical (unpaired) electrons. The van der Waals surface area contributed by atoms with Crippen LogP contribution in [0.1, 0.15) is 5.56 Å². The zero-order valence-electron chi connectivity index (χ0n) is 13.6. The lowest BCUT2D eigenvalue weighted by atomic mass is 10.1. The number of carbonyl (C=O) groups excluding carboxylic acids is 1. The van der Waals surface area contributed by atoms with E-state index in [1.165, 1.54) is 0 Å². The van der Waals surface area contributed by atoms with Gasteiger partial charge >= 0.3 is 12.2 Å². The van der Waals surface area contributed by atoms with Crippen LogP contribution in [-0.2, 0) is 0 Å². The first-order chi connectivity index (χ1) is 12.2. The van der Waals surface area contributed by atoms with Gasteiger partial charge in [0.05, 0.1) is 16.9 Å². The summed E-state index contributed by atoms with van der Waals surface area (Å²) in [6.45, 7) is 0.477. The van der Waals surface area contributed by atoms with Crippen molar-refractivity contribution in [3.05, 3.63) is 53.3 Å². The van der Waals surface area contributed by atoms with Crippen molar-refractivity contribution in [3.63, 3.8) is 0 Å². The van der Waals surface area contributed by atoms with Gasteiger partial charge in [-0.15, -0.1) is 0 Å². The number of hydrogen-bond acceptors (Lipinski definition) is 2. The molecule has 1 aromatic carbocycles. The SMILES string of the molecule is Cc1cc2ncc(-c3cccc(NC(=O)NCC(F)(F)F)c3)n2cc1Cl. The Kier molecular flexibility index (Phi) is 4.78. The van der Waals surface area contributed by atoms with Crippen molar-refractivity contribution in [1.82, 2.24) is 14.7 Å². The van der Waals surface area contributed by atoms with Crippen molar-refractivity contribution < 1.29 is 18.0 Å². The molecule has 9 heteroatoms. The zero-order valence-corrected chi connectivity index (χ0v) is 14.3. The van der Waals surface area contributed by atoms with Crippen LogP contribution in [0.15, 0.2) is 42.7 Å². The van der Waals surface area contributed by atoms with E-state index < -0.39 is 18.8 Å². The molecule has 0 aliphatic heterocycles. The third-order valence-electron chi connectivity index (χ3n) is 3.66. The summed E-state index contributed by atoms with van der Waals surface area (Å²) in [6.07, 6.45) is -1.06. The van der Waals surface area contributed by atoms with E-state index in [1.807, 2.05) is 13.0 Å². The van der Waals surface area contributed by atoms with Crippen molar-refractivity contribution in [2.75, 3.05) is 11.9 Å². The van der Waals surface area contributed by atoms with E-state index in [0.29, 0.717) is 16.4 Å². The van der Waals surface area contributed by atoms with E-state index in [4.69, 9.17) is 11.6 Å². The van der Waals surface area contributed by atoms with Crippen molar-refractivity contribution in [3.8, 4) is 11.3 Å². The summed E-state index contributed by atoms with van der Waals surface area (Å²) in [5, 5.41) is 4.72. The highest BCUT2D eigenvalue weighted by Crippen LogP contribution is 2.26. The van der Waals surface area contributed by atoms with Crippen LogP contribution in [0, 0.1) is 6.92 Å². The molecule has 5 nitrogen and oxygen atoms in total. The molecule has 2 N–H and O–H groups in total. The first-order valence-electron chi connectivity index (χ1n) is 7.58. The van der Waals surface area contributed by atoms with Gasteiger partial charge in [-0.3, -0.25) is 4.40 Å². The minimum absolute atomic E-state index is 0.357. The normalized spacial score (nSPS) is 11.6. The Balaban J connectivity index is 1.84. The molecule has 0 unspecified atom stereocenters. The molecule has 0 fully saturated rings. The van der Waals surface area contributed by atoms with Crippen molar-refractivity contribution in [1.29, 1.82) is 0 Å². The van der Waals surface area contributed by atoms with E-state index in [0.717, 1.165) is 16.8 Å². The van der Waals surface area contributed by atoms with Gasteiger partial charge in [-0.05, 0) is 30.7 Å². The monoisotopic (exact) mass is 382 g/mol. The Morgan fingerprint density at radius 3 is 2.81 bits per heavy atom. The second-order valence-electron chi connectivity index (χ2n) is 5.68. The number of carbonyl (C=O) groups is 1. The Bertz CT molecular complexity index is 968. The molecule has 0 saturated heterocycles. The topological polar surface area (TPSA) is 58.4 Å². The summed E-state index contributed by atoms with van der Waals surface area (Å²) in [7, 11) is 0. The number of aryl methyl sites for hydroxylation is 1. The first kappa shape index (κ1) is 18.1. The number of hydrogen-bond donors (Lipinski definition) is 2. The number of imidazole rings is 1. The molecule has 0 aliphatic rings. The average Bonchev–Trinajstić information content (AvgIpc) is 2.96. The van der Waals surface area contributed by atoms with Crippen LogP contribution in [0.3, 0.4) is 0 Å². The highest BCUT2D eigenvalue weighted by Gasteiger charge is 2.27. The van der Waals surface area contributed by atoms with Gasteiger partial charge in [0.15, 0.2) is 0 Å². The molecule has 3 rings (SSSR count). The second-order valence-corrected chi connectivity index (χ2v) is 6.09. The Morgan fingerprint density at radius 2 is 2.08 bits per heavy atom. The molecule has 26 heavy (non-hydrogen) atoms. The third-order valence-corrected chi connectivity index (χ3v) is 4.05. The summed E-state index contributed by atoms with van der Waals surface area (Å²) in [6, 6.07) is 7.62. The van der Waals surface area contributed by atoms with E-state index in [9.17, 15) is 18.0 Å². The maximum absolute atomic E-state index is 12.2. The summed E-state index contributed by atoms with van der Waals surface area (Å²) in [5.74, 6) is 0. The molecule has 0 bridgehead atoms. The fourth-order valence-electron chi connectivity index (χ4n) is 2.42. The van der Waals surface area contributed by atoms with Gasteiger partial charge in [0.25, 0.3) is 0 Å². The fraction of sp³-hybridized carbons (Fsp3) is 0.176. The Morgan fingerprint density at radius 1 is 1.31 bits per heavy atom. The summed E-state index contributed by atoms with van der Waals surface area (Å²) < 4.78 is 38.3. The molecular formula is C17H14ClF3N4O. The van der Waals surface area contributed by atoms with Crippen LogP contribution in [0.4, 0.5) is 23.7 Å². The molecule has 0 saturated carbocycles. The number of urea groups is 1. The predicted molar refractivity (Wildman–Crippen MR) is 93.5 cm³/mol. The van der Waals surface area contributed by atoms with Gasteiger partial charge in [-0.2, -0.15) is 13.2 Å². The third kappa shape index (κ3) is 4.08. The highest BCUT2D eigenvalue weighted by molar-refractivity contribution is 6.31. The fourth-order valence-corrected chi connectivity index (χ4v) is 2.57. The number of alkyl halides is 3. The number of aromatic nitrogens is 2. The van der Waals surface area contributed by atoms with Crippen LogP contribution in [0.2, 0.25) is 5.02 Å². The largest absolute Gasteiger partial charge is 0.405 e. The van der Waals surface area contributed by atoms with Crippen LogP contribution in [0.25, 0.3) is 16.9 Å². The number of halogens is 4. The molecule has 136 valence electrons. The molecule has 0 aliphatic carbocycles. The minimum atomic E-state index is -4.47. The van der Waals surface area contributed by atoms with Gasteiger partial charge < -0.3 is 10.6 Å². The lowest BCUT2D eigenvalue weighted by Crippen LogP contribution is -2.36. The molecule has 2 heterocycles. The van der Waals surface area contributed by atoms with E-state index in [2.05, 4.69) is 10.3 Å². The molecule has 0 spiro atoms. The maximum atomic E-state index is 12.2. The van der Waals surface area contributed by atoms with Gasteiger partial charge in [0, 0.05) is 17.4 Å². The molecular weight excluding hydrogens is 369 g/mol. The van der Waals surface area contributed by atoms with E-state index in [1.54, 1.807) is 46.4 Å². The zero-order chi connectivity index (χ0) is 18.9. The van der Waals surface area contributed by atoms with Crippen LogP contribution in [0.5, 0.6) is 0 Å². The van der Waals surface area contributed by atoms with Crippen molar-refractivity contribution >= 4 is 29.0 Å². The lowest BCUT2D eigenvalue weighted by Gasteiger charge is -2.11. The Labute approximate surface area is 151 Å². The second kappa shape index (κ2) is 6.87. The Hall–Kier alpha value is -2.74. The van der Waals surface area contributed by atoms with E-state index >= 15 is 0 Å². The molecule has 2 amide bonds. The smallest absolute Gasteiger partial charge is 0.329 e. The maximum Gasteiger partial charge on any atom is 0.405 e. The van der Waals surface area contributed by atoms with Crippen molar-refractivity contribution in [2.24, 2.45) is 0 Å². The summed E-state index contributed by atoms with van der Waals surface area (Å²) >= 11 is 6.17. The van der Waals surface area contributed by atoms with Crippen molar-refractivity contribution in [2.45, 2.75) is 13.1 Å². The molecule has 3 aromatic rings. The average molecular weight is 383 g/mol. The highest BCUT2D eigenvalue weighted by atomic mass is 35.5. The summed E-state index contributed by atoms with van der Waals surface area (Å²) in [5.41, 5.74) is 3.43. The number of fused-ring (bicyclic) bond motifs is 1. The number of anilines is 1. The van der Waals surface area contributed by atoms with Gasteiger partial charge in [-0.1, -0.05) is 23.7 Å². The minimum Gasteiger partial charge on any atom is -0.329 e. The van der Waals surface area contributed by atoms with Crippen LogP contribution in [-0.4, -0.2) is 28.1 Å². The van der Waals surface area contributed by atoms with Gasteiger partial charge in [-0.25, -0.2) is 9.78 Å². The molecule has 2 aromatic heterocycles. The number of nitrogens with zero attached hydrogens (tertiary/aromatic N) is 2. The van der Waals surface area contributed by atoms with Gasteiger partial charge in [0.2, 0.25) is 0 Å². The van der Waals surface area contributed by atoms with E-state index in [-0.39, 0.29) is 0 Å². The van der Waals surface area contributed by atoms with Gasteiger partial charge in [0.1, 0.15) is 12.2 Å². The summed E-state index contributed by atoms with van der Waals surface area (Å²) in [4.78, 5) is 15.9. The number of pyridine rings is 1. The lowest BCUT2D eigenvalue weighted by molar-refractivity contribution is -0.122. The predicted octanol–water partition coefficient (Wildman–Crippen LogP) is 4.65. The van der Waals surface area contributed by atoms with Crippen LogP contribution < -0.4 is 10.6 Å².